The van der Waals surface area contributed by atoms with Crippen molar-refractivity contribution in [1.82, 2.24) is 14.3 Å². The molecule has 2 aromatic heterocycles. The number of nitrogens with zero attached hydrogens (tertiary/aromatic N) is 2. The Bertz CT molecular complexity index is 584. The van der Waals surface area contributed by atoms with Crippen LogP contribution in [0.25, 0.3) is 5.65 Å². The number of likely N-dealkylation sites (tertiary alicyclic amines) is 1. The standard InChI is InChI=1S/C13H17N3O/c1-2-15-7-6-10(8-15)11-9-16-12(14-11)4-3-5-13(16)17/h3-5,9-10,14H,2,6-8H2,1H3. The maximum absolute atomic E-state index is 11.7. The van der Waals surface area contributed by atoms with Gasteiger partial charge in [0.1, 0.15) is 5.65 Å². The normalized spacial score (nSPS) is 21.4. The molecule has 1 saturated heterocycles. The number of aromatic amines is 1. The van der Waals surface area contributed by atoms with Gasteiger partial charge in [0.15, 0.2) is 0 Å². The molecule has 3 heterocycles. The fourth-order valence-corrected chi connectivity index (χ4v) is 2.64. The number of fused-ring (bicyclic) bond motifs is 1. The van der Waals surface area contributed by atoms with E-state index in [1.165, 1.54) is 12.1 Å². The summed E-state index contributed by atoms with van der Waals surface area (Å²) in [6.07, 6.45) is 3.14. The first-order valence-electron chi connectivity index (χ1n) is 6.20. The monoisotopic (exact) mass is 231 g/mol. The van der Waals surface area contributed by atoms with Crippen LogP contribution in [0.3, 0.4) is 0 Å². The van der Waals surface area contributed by atoms with Crippen molar-refractivity contribution in [3.63, 3.8) is 0 Å². The third-order valence-electron chi connectivity index (χ3n) is 3.69. The van der Waals surface area contributed by atoms with E-state index in [4.69, 9.17) is 0 Å². The van der Waals surface area contributed by atoms with Crippen LogP contribution in [-0.2, 0) is 0 Å². The first kappa shape index (κ1) is 10.6. The topological polar surface area (TPSA) is 40.5 Å². The number of hydrogen-bond acceptors (Lipinski definition) is 2. The molecule has 1 fully saturated rings. The summed E-state index contributed by atoms with van der Waals surface area (Å²) in [5, 5.41) is 0. The Hall–Kier alpha value is -1.55. The summed E-state index contributed by atoms with van der Waals surface area (Å²) in [6, 6.07) is 5.33. The lowest BCUT2D eigenvalue weighted by molar-refractivity contribution is 0.353. The summed E-state index contributed by atoms with van der Waals surface area (Å²) in [5.74, 6) is 0.536. The molecule has 1 N–H and O–H groups in total. The van der Waals surface area contributed by atoms with Crippen LogP contribution in [0, 0.1) is 0 Å². The Balaban J connectivity index is 1.97. The molecule has 0 aromatic carbocycles. The smallest absolute Gasteiger partial charge is 0.256 e. The second kappa shape index (κ2) is 4.04. The van der Waals surface area contributed by atoms with Crippen LogP contribution >= 0.6 is 0 Å². The first-order valence-corrected chi connectivity index (χ1v) is 6.20. The molecular formula is C13H17N3O. The van der Waals surface area contributed by atoms with Gasteiger partial charge in [-0.05, 0) is 25.6 Å². The zero-order chi connectivity index (χ0) is 11.8. The summed E-state index contributed by atoms with van der Waals surface area (Å²) >= 11 is 0. The predicted octanol–water partition coefficient (Wildman–Crippen LogP) is 1.44. The minimum Gasteiger partial charge on any atom is -0.343 e. The second-order valence-electron chi connectivity index (χ2n) is 4.71. The van der Waals surface area contributed by atoms with Gasteiger partial charge in [-0.15, -0.1) is 0 Å². The van der Waals surface area contributed by atoms with Gasteiger partial charge in [-0.25, -0.2) is 0 Å². The van der Waals surface area contributed by atoms with E-state index >= 15 is 0 Å². The van der Waals surface area contributed by atoms with Crippen LogP contribution in [0.2, 0.25) is 0 Å². The Morgan fingerprint density at radius 3 is 3.06 bits per heavy atom. The number of likely N-dealkylation sites (N-methyl/N-ethyl adjacent to an activating group) is 1. The highest BCUT2D eigenvalue weighted by molar-refractivity contribution is 5.40. The Morgan fingerprint density at radius 2 is 2.35 bits per heavy atom. The lowest BCUT2D eigenvalue weighted by atomic mass is 10.1. The molecular weight excluding hydrogens is 214 g/mol. The number of hydrogen-bond donors (Lipinski definition) is 1. The molecule has 0 aliphatic carbocycles. The first-order chi connectivity index (χ1) is 8.28. The van der Waals surface area contributed by atoms with E-state index in [0.29, 0.717) is 5.92 Å². The van der Waals surface area contributed by atoms with E-state index in [2.05, 4.69) is 16.8 Å². The van der Waals surface area contributed by atoms with E-state index in [0.717, 1.165) is 25.3 Å². The quantitative estimate of drug-likeness (QED) is 0.849. The molecule has 0 saturated carbocycles. The maximum Gasteiger partial charge on any atom is 0.256 e. The number of imidazole rings is 1. The summed E-state index contributed by atoms with van der Waals surface area (Å²) in [6.45, 7) is 5.55. The number of pyridine rings is 1. The minimum atomic E-state index is 0.0374. The summed E-state index contributed by atoms with van der Waals surface area (Å²) in [7, 11) is 0. The average molecular weight is 231 g/mol. The van der Waals surface area contributed by atoms with Crippen molar-refractivity contribution in [3.8, 4) is 0 Å². The lowest BCUT2D eigenvalue weighted by Crippen LogP contribution is -2.19. The van der Waals surface area contributed by atoms with Crippen molar-refractivity contribution < 1.29 is 0 Å². The summed E-state index contributed by atoms with van der Waals surface area (Å²) in [4.78, 5) is 17.5. The molecule has 17 heavy (non-hydrogen) atoms. The number of H-pyrrole nitrogens is 1. The second-order valence-corrected chi connectivity index (χ2v) is 4.71. The largest absolute Gasteiger partial charge is 0.343 e. The minimum absolute atomic E-state index is 0.0374. The molecule has 3 rings (SSSR count). The molecule has 1 aliphatic rings. The third kappa shape index (κ3) is 1.78. The molecule has 4 heteroatoms. The van der Waals surface area contributed by atoms with E-state index in [9.17, 15) is 4.79 Å². The highest BCUT2D eigenvalue weighted by Crippen LogP contribution is 2.25. The zero-order valence-electron chi connectivity index (χ0n) is 10.0. The Kier molecular flexibility index (Phi) is 2.52. The van der Waals surface area contributed by atoms with Crippen LogP contribution < -0.4 is 5.56 Å². The third-order valence-corrected chi connectivity index (χ3v) is 3.69. The van der Waals surface area contributed by atoms with Crippen LogP contribution in [-0.4, -0.2) is 33.9 Å². The molecule has 1 aliphatic heterocycles. The van der Waals surface area contributed by atoms with Crippen molar-refractivity contribution in [3.05, 3.63) is 40.4 Å². The van der Waals surface area contributed by atoms with Crippen LogP contribution in [0.5, 0.6) is 0 Å². The van der Waals surface area contributed by atoms with Crippen LogP contribution in [0.4, 0.5) is 0 Å². The van der Waals surface area contributed by atoms with Crippen molar-refractivity contribution in [2.24, 2.45) is 0 Å². The molecule has 0 amide bonds. The summed E-state index contributed by atoms with van der Waals surface area (Å²) < 4.78 is 1.70. The van der Waals surface area contributed by atoms with Gasteiger partial charge in [-0.2, -0.15) is 0 Å². The average Bonchev–Trinajstić information content (AvgIpc) is 2.95. The fraction of sp³-hybridized carbons (Fsp3) is 0.462. The highest BCUT2D eigenvalue weighted by Gasteiger charge is 2.24. The predicted molar refractivity (Wildman–Crippen MR) is 67.5 cm³/mol. The molecule has 90 valence electrons. The maximum atomic E-state index is 11.7. The molecule has 0 radical (unpaired) electrons. The van der Waals surface area contributed by atoms with Gasteiger partial charge >= 0.3 is 0 Å². The van der Waals surface area contributed by atoms with Crippen LogP contribution in [0.15, 0.2) is 29.2 Å². The molecule has 4 nitrogen and oxygen atoms in total. The number of rotatable bonds is 2. The summed E-state index contributed by atoms with van der Waals surface area (Å²) in [5.41, 5.74) is 2.11. The van der Waals surface area contributed by atoms with Gasteiger partial charge in [-0.3, -0.25) is 9.20 Å². The van der Waals surface area contributed by atoms with Gasteiger partial charge in [-0.1, -0.05) is 13.0 Å². The number of nitrogens with one attached hydrogen (secondary N) is 1. The molecule has 1 unspecified atom stereocenters. The molecule has 1 atom stereocenters. The number of aromatic nitrogens is 2. The highest BCUT2D eigenvalue weighted by atomic mass is 16.1. The van der Waals surface area contributed by atoms with Crippen molar-refractivity contribution in [2.75, 3.05) is 19.6 Å². The van der Waals surface area contributed by atoms with Crippen molar-refractivity contribution in [1.29, 1.82) is 0 Å². The van der Waals surface area contributed by atoms with E-state index < -0.39 is 0 Å². The van der Waals surface area contributed by atoms with E-state index in [1.54, 1.807) is 16.5 Å². The SMILES string of the molecule is CCN1CCC(c2cn3c(=O)cccc3[nH]2)C1. The fourth-order valence-electron chi connectivity index (χ4n) is 2.64. The Labute approximate surface area is 99.9 Å². The van der Waals surface area contributed by atoms with E-state index in [1.807, 2.05) is 12.3 Å². The van der Waals surface area contributed by atoms with Crippen molar-refractivity contribution >= 4 is 5.65 Å². The Morgan fingerprint density at radius 1 is 1.47 bits per heavy atom. The van der Waals surface area contributed by atoms with Gasteiger partial charge in [0.2, 0.25) is 0 Å². The van der Waals surface area contributed by atoms with Gasteiger partial charge in [0, 0.05) is 30.4 Å². The zero-order valence-corrected chi connectivity index (χ0v) is 10.0. The van der Waals surface area contributed by atoms with E-state index in [-0.39, 0.29) is 5.56 Å². The molecule has 0 bridgehead atoms. The van der Waals surface area contributed by atoms with Crippen LogP contribution in [0.1, 0.15) is 25.0 Å². The lowest BCUT2D eigenvalue weighted by Gasteiger charge is -2.11. The van der Waals surface area contributed by atoms with Gasteiger partial charge in [0.05, 0.1) is 0 Å². The molecule has 0 spiro atoms. The van der Waals surface area contributed by atoms with Gasteiger partial charge in [0.25, 0.3) is 5.56 Å². The van der Waals surface area contributed by atoms with Crippen molar-refractivity contribution in [2.45, 2.75) is 19.3 Å². The van der Waals surface area contributed by atoms with Gasteiger partial charge < -0.3 is 9.88 Å². The molecule has 2 aromatic rings.